The molecule has 0 fully saturated rings. The normalized spacial score (nSPS) is 12.7. The van der Waals surface area contributed by atoms with Gasteiger partial charge in [0.15, 0.2) is 11.6 Å². The van der Waals surface area contributed by atoms with Gasteiger partial charge in [0.1, 0.15) is 5.75 Å². The summed E-state index contributed by atoms with van der Waals surface area (Å²) in [4.78, 5) is 25.1. The zero-order valence-electron chi connectivity index (χ0n) is 16.5. The maximum atomic E-state index is 14.8. The van der Waals surface area contributed by atoms with E-state index >= 15 is 0 Å². The quantitative estimate of drug-likeness (QED) is 0.579. The highest BCUT2D eigenvalue weighted by Gasteiger charge is 2.32. The Balaban J connectivity index is 2.18. The van der Waals surface area contributed by atoms with E-state index in [4.69, 9.17) is 5.73 Å². The first-order valence-electron chi connectivity index (χ1n) is 9.18. The summed E-state index contributed by atoms with van der Waals surface area (Å²) in [5, 5.41) is 9.71. The monoisotopic (exact) mass is 438 g/mol. The molecule has 1 unspecified atom stereocenters. The molecule has 1 heterocycles. The fraction of sp³-hybridized carbons (Fsp3) is 0.238. The molecule has 3 rings (SSSR count). The van der Waals surface area contributed by atoms with Crippen LogP contribution in [0.3, 0.4) is 0 Å². The number of alkyl halides is 3. The molecular formula is C21H18F4N2O4. The third-order valence-corrected chi connectivity index (χ3v) is 4.97. The van der Waals surface area contributed by atoms with Crippen molar-refractivity contribution in [2.24, 2.45) is 5.73 Å². The number of primary amides is 1. The Labute approximate surface area is 173 Å². The minimum absolute atomic E-state index is 0.00156. The predicted molar refractivity (Wildman–Crippen MR) is 103 cm³/mol. The summed E-state index contributed by atoms with van der Waals surface area (Å²) in [5.74, 6) is -4.49. The van der Waals surface area contributed by atoms with Gasteiger partial charge in [-0.2, -0.15) is 0 Å². The zero-order valence-corrected chi connectivity index (χ0v) is 16.5. The highest BCUT2D eigenvalue weighted by molar-refractivity contribution is 6.05. The summed E-state index contributed by atoms with van der Waals surface area (Å²) < 4.78 is 56.8. The number of amides is 1. The second-order valence-corrected chi connectivity index (χ2v) is 6.87. The number of carbonyl (C=O) groups is 2. The third-order valence-electron chi connectivity index (χ3n) is 4.97. The van der Waals surface area contributed by atoms with Crippen LogP contribution in [0.2, 0.25) is 0 Å². The number of fused-ring (bicyclic) bond motifs is 1. The maximum absolute atomic E-state index is 14.8. The number of aromatic hydroxyl groups is 1. The molecule has 0 aliphatic heterocycles. The van der Waals surface area contributed by atoms with Crippen LogP contribution in [-0.2, 0) is 4.79 Å². The minimum Gasteiger partial charge on any atom is -0.505 e. The molecule has 0 bridgehead atoms. The Morgan fingerprint density at radius 1 is 1.16 bits per heavy atom. The van der Waals surface area contributed by atoms with Crippen molar-refractivity contribution in [1.82, 2.24) is 4.57 Å². The lowest BCUT2D eigenvalue weighted by molar-refractivity contribution is -0.274. The van der Waals surface area contributed by atoms with Crippen LogP contribution in [0.15, 0.2) is 36.4 Å². The van der Waals surface area contributed by atoms with E-state index in [2.05, 4.69) is 4.74 Å². The van der Waals surface area contributed by atoms with E-state index in [1.165, 1.54) is 13.0 Å². The predicted octanol–water partition coefficient (Wildman–Crippen LogP) is 4.36. The molecule has 3 N–H and O–H groups in total. The number of rotatable bonds is 5. The van der Waals surface area contributed by atoms with Gasteiger partial charge in [-0.3, -0.25) is 14.2 Å². The molecule has 0 spiro atoms. The van der Waals surface area contributed by atoms with Gasteiger partial charge in [0, 0.05) is 16.6 Å². The van der Waals surface area contributed by atoms with Gasteiger partial charge in [-0.15, -0.1) is 13.2 Å². The number of ether oxygens (including phenoxy) is 1. The van der Waals surface area contributed by atoms with Gasteiger partial charge in [0.25, 0.3) is 5.91 Å². The van der Waals surface area contributed by atoms with Crippen LogP contribution in [0.1, 0.15) is 40.9 Å². The van der Waals surface area contributed by atoms with Crippen LogP contribution in [-0.4, -0.2) is 27.9 Å². The number of hydrogen-bond acceptors (Lipinski definition) is 4. The van der Waals surface area contributed by atoms with Crippen molar-refractivity contribution in [2.45, 2.75) is 32.5 Å². The van der Waals surface area contributed by atoms with E-state index in [0.717, 1.165) is 34.9 Å². The van der Waals surface area contributed by atoms with Gasteiger partial charge in [-0.1, -0.05) is 6.92 Å². The summed E-state index contributed by atoms with van der Waals surface area (Å²) in [6.45, 7) is 3.16. The molecule has 3 aromatic rings. The molecule has 0 saturated carbocycles. The lowest BCUT2D eigenvalue weighted by atomic mass is 9.93. The molecule has 0 aliphatic rings. The number of hydrogen-bond donors (Lipinski definition) is 2. The average Bonchev–Trinajstić information content (AvgIpc) is 2.97. The highest BCUT2D eigenvalue weighted by Crippen LogP contribution is 2.38. The number of phenolic OH excluding ortho intramolecular Hbond substituents is 1. The topological polar surface area (TPSA) is 94.6 Å². The summed E-state index contributed by atoms with van der Waals surface area (Å²) in [6.07, 6.45) is -4.65. The van der Waals surface area contributed by atoms with Gasteiger partial charge in [0.2, 0.25) is 5.91 Å². The number of phenols is 1. The first kappa shape index (κ1) is 22.1. The number of carbonyl (C=O) groups excluding carboxylic acids is 2. The smallest absolute Gasteiger partial charge is 0.505 e. The number of aromatic nitrogens is 1. The second-order valence-electron chi connectivity index (χ2n) is 6.87. The van der Waals surface area contributed by atoms with Crippen molar-refractivity contribution >= 4 is 22.7 Å². The summed E-state index contributed by atoms with van der Waals surface area (Å²) in [6, 6.07) is 6.61. The molecule has 10 heteroatoms. The van der Waals surface area contributed by atoms with Crippen LogP contribution in [0.5, 0.6) is 11.5 Å². The standard InChI is InChI=1S/C21H18F4N2O4/c1-3-13(19(26)29)16-10(2)27(14-8-9-15(28)18(22)17(14)16)20(30)11-4-6-12(7-5-11)31-21(23,24)25/h4-9,13,28H,3H2,1-2H3,(H2,26,29). The molecule has 164 valence electrons. The first-order valence-corrected chi connectivity index (χ1v) is 9.18. The Kier molecular flexibility index (Phi) is 5.66. The lowest BCUT2D eigenvalue weighted by Gasteiger charge is -2.13. The molecule has 1 atom stereocenters. The highest BCUT2D eigenvalue weighted by atomic mass is 19.4. The average molecular weight is 438 g/mol. The van der Waals surface area contributed by atoms with Crippen LogP contribution in [0, 0.1) is 12.7 Å². The maximum Gasteiger partial charge on any atom is 0.573 e. The third kappa shape index (κ3) is 4.05. The van der Waals surface area contributed by atoms with Crippen molar-refractivity contribution in [1.29, 1.82) is 0 Å². The largest absolute Gasteiger partial charge is 0.573 e. The molecule has 0 aliphatic carbocycles. The summed E-state index contributed by atoms with van der Waals surface area (Å²) in [5.41, 5.74) is 5.95. The van der Waals surface area contributed by atoms with Crippen LogP contribution in [0.25, 0.3) is 10.9 Å². The van der Waals surface area contributed by atoms with Crippen molar-refractivity contribution in [3.63, 3.8) is 0 Å². The molecule has 0 saturated heterocycles. The van der Waals surface area contributed by atoms with E-state index in [0.29, 0.717) is 0 Å². The van der Waals surface area contributed by atoms with Crippen LogP contribution >= 0.6 is 0 Å². The molecular weight excluding hydrogens is 420 g/mol. The molecule has 2 aromatic carbocycles. The van der Waals surface area contributed by atoms with Gasteiger partial charge in [-0.05, 0) is 55.3 Å². The van der Waals surface area contributed by atoms with Crippen molar-refractivity contribution < 1.29 is 37.0 Å². The fourth-order valence-electron chi connectivity index (χ4n) is 3.64. The van der Waals surface area contributed by atoms with E-state index in [1.54, 1.807) is 6.92 Å². The van der Waals surface area contributed by atoms with Crippen molar-refractivity contribution in [2.75, 3.05) is 0 Å². The SMILES string of the molecule is CCC(C(N)=O)c1c(C)n(C(=O)c2ccc(OC(F)(F)F)cc2)c2ccc(O)c(F)c12. The van der Waals surface area contributed by atoms with E-state index in [9.17, 15) is 32.3 Å². The lowest BCUT2D eigenvalue weighted by Crippen LogP contribution is -2.22. The van der Waals surface area contributed by atoms with Crippen molar-refractivity contribution in [3.8, 4) is 11.5 Å². The number of nitrogens with two attached hydrogens (primary N) is 1. The summed E-state index contributed by atoms with van der Waals surface area (Å²) >= 11 is 0. The van der Waals surface area contributed by atoms with Gasteiger partial charge in [0.05, 0.1) is 11.4 Å². The summed E-state index contributed by atoms with van der Waals surface area (Å²) in [7, 11) is 0. The Bertz CT molecular complexity index is 1170. The molecule has 31 heavy (non-hydrogen) atoms. The van der Waals surface area contributed by atoms with Gasteiger partial charge < -0.3 is 15.6 Å². The Morgan fingerprint density at radius 2 is 1.77 bits per heavy atom. The Morgan fingerprint density at radius 3 is 2.29 bits per heavy atom. The molecule has 1 aromatic heterocycles. The van der Waals surface area contributed by atoms with Crippen molar-refractivity contribution in [3.05, 3.63) is 59.0 Å². The molecule has 1 amide bonds. The second kappa shape index (κ2) is 7.93. The van der Waals surface area contributed by atoms with E-state index in [-0.39, 0.29) is 34.1 Å². The van der Waals surface area contributed by atoms with E-state index < -0.39 is 41.4 Å². The number of benzene rings is 2. The van der Waals surface area contributed by atoms with Crippen LogP contribution < -0.4 is 10.5 Å². The van der Waals surface area contributed by atoms with Gasteiger partial charge >= 0.3 is 6.36 Å². The first-order chi connectivity index (χ1) is 14.5. The number of nitrogens with zero attached hydrogens (tertiary/aromatic N) is 1. The molecule has 0 radical (unpaired) electrons. The number of halogens is 4. The molecule has 6 nitrogen and oxygen atoms in total. The van der Waals surface area contributed by atoms with Gasteiger partial charge in [-0.25, -0.2) is 4.39 Å². The van der Waals surface area contributed by atoms with E-state index in [1.807, 2.05) is 0 Å². The fourth-order valence-corrected chi connectivity index (χ4v) is 3.64. The minimum atomic E-state index is -4.88. The zero-order chi connectivity index (χ0) is 23.1. The Hall–Kier alpha value is -3.56. The van der Waals surface area contributed by atoms with Crippen LogP contribution in [0.4, 0.5) is 17.6 Å².